The van der Waals surface area contributed by atoms with Gasteiger partial charge >= 0.3 is 0 Å². The lowest BCUT2D eigenvalue weighted by Gasteiger charge is -2.22. The van der Waals surface area contributed by atoms with Crippen molar-refractivity contribution in [1.82, 2.24) is 4.90 Å². The molecule has 1 aliphatic heterocycles. The Labute approximate surface area is 111 Å². The van der Waals surface area contributed by atoms with Crippen molar-refractivity contribution in [3.05, 3.63) is 35.9 Å². The molecule has 104 valence electrons. The van der Waals surface area contributed by atoms with E-state index in [1.165, 1.54) is 4.90 Å². The monoisotopic (exact) mass is 267 g/mol. The number of carbonyl (C=O) groups is 1. The first-order valence-corrected chi connectivity index (χ1v) is 6.36. The summed E-state index contributed by atoms with van der Waals surface area (Å²) in [6.07, 6.45) is -0.837. The van der Waals surface area contributed by atoms with Crippen molar-refractivity contribution in [3.63, 3.8) is 0 Å². The van der Waals surface area contributed by atoms with Crippen molar-refractivity contribution in [2.45, 2.75) is 25.2 Å². The number of benzene rings is 1. The molecule has 1 aliphatic rings. The minimum absolute atomic E-state index is 0.0543. The molecule has 0 spiro atoms. The minimum Gasteiger partial charge on any atom is -0.394 e. The fraction of sp³-hybridized carbons (Fsp3) is 0.500. The molecule has 0 bridgehead atoms. The highest BCUT2D eigenvalue weighted by molar-refractivity contribution is 5.78. The Morgan fingerprint density at radius 3 is 2.84 bits per heavy atom. The lowest BCUT2D eigenvalue weighted by atomic mass is 10.2. The summed E-state index contributed by atoms with van der Waals surface area (Å²) in [4.78, 5) is 13.2. The lowest BCUT2D eigenvalue weighted by molar-refractivity contribution is -0.138. The van der Waals surface area contributed by atoms with Crippen LogP contribution in [0.4, 0.5) is 4.39 Å². The summed E-state index contributed by atoms with van der Waals surface area (Å²) in [5, 5.41) is 9.11. The molecule has 4 nitrogen and oxygen atoms in total. The first kappa shape index (κ1) is 14.0. The van der Waals surface area contributed by atoms with Gasteiger partial charge in [-0.3, -0.25) is 4.79 Å². The Bertz CT molecular complexity index is 412. The van der Waals surface area contributed by atoms with Crippen LogP contribution in [-0.4, -0.2) is 47.9 Å². The number of hydrogen-bond acceptors (Lipinski definition) is 3. The van der Waals surface area contributed by atoms with Gasteiger partial charge in [0.1, 0.15) is 12.8 Å². The molecule has 1 saturated heterocycles. The second kappa shape index (κ2) is 6.63. The van der Waals surface area contributed by atoms with Gasteiger partial charge in [0, 0.05) is 6.42 Å². The van der Waals surface area contributed by atoms with E-state index in [-0.39, 0.29) is 32.1 Å². The maximum atomic E-state index is 13.2. The van der Waals surface area contributed by atoms with Crippen LogP contribution in [-0.2, 0) is 16.1 Å². The number of hydrogen-bond donors (Lipinski definition) is 1. The summed E-state index contributed by atoms with van der Waals surface area (Å²) in [5.74, 6) is -0.268. The zero-order chi connectivity index (χ0) is 13.7. The largest absolute Gasteiger partial charge is 0.394 e. The smallest absolute Gasteiger partial charge is 0.249 e. The first-order valence-electron chi connectivity index (χ1n) is 6.36. The molecule has 2 atom stereocenters. The van der Waals surface area contributed by atoms with Crippen molar-refractivity contribution < 1.29 is 19.0 Å². The van der Waals surface area contributed by atoms with Crippen LogP contribution in [0.5, 0.6) is 0 Å². The average Bonchev–Trinajstić information content (AvgIpc) is 2.81. The average molecular weight is 267 g/mol. The highest BCUT2D eigenvalue weighted by Crippen LogP contribution is 2.20. The number of ether oxygens (including phenoxy) is 1. The number of rotatable bonds is 5. The normalized spacial score (nSPS) is 22.7. The number of aliphatic hydroxyl groups is 1. The van der Waals surface area contributed by atoms with Crippen LogP contribution < -0.4 is 0 Å². The topological polar surface area (TPSA) is 49.8 Å². The van der Waals surface area contributed by atoms with Crippen LogP contribution in [0, 0.1) is 0 Å². The molecular weight excluding hydrogens is 249 g/mol. The number of aliphatic hydroxyl groups excluding tert-OH is 1. The molecule has 1 aromatic rings. The van der Waals surface area contributed by atoms with Crippen LogP contribution in [0.15, 0.2) is 30.3 Å². The lowest BCUT2D eigenvalue weighted by Crippen LogP contribution is -2.40. The van der Waals surface area contributed by atoms with Crippen molar-refractivity contribution in [2.24, 2.45) is 0 Å². The third-order valence-corrected chi connectivity index (χ3v) is 3.23. The third-order valence-electron chi connectivity index (χ3n) is 3.23. The first-order chi connectivity index (χ1) is 9.20. The Morgan fingerprint density at radius 1 is 1.42 bits per heavy atom. The zero-order valence-electron chi connectivity index (χ0n) is 10.7. The fourth-order valence-electron chi connectivity index (χ4n) is 2.25. The molecule has 5 heteroatoms. The SMILES string of the molecule is O=C(COCc1ccccc1)N1C[C@@H](F)C[C@H]1CO. The molecule has 0 radical (unpaired) electrons. The Hall–Kier alpha value is -1.46. The van der Waals surface area contributed by atoms with Crippen molar-refractivity contribution in [3.8, 4) is 0 Å². The summed E-state index contributed by atoms with van der Waals surface area (Å²) in [7, 11) is 0. The van der Waals surface area contributed by atoms with Gasteiger partial charge in [-0.1, -0.05) is 30.3 Å². The van der Waals surface area contributed by atoms with E-state index >= 15 is 0 Å². The van der Waals surface area contributed by atoms with Gasteiger partial charge in [0.15, 0.2) is 0 Å². The van der Waals surface area contributed by atoms with Crippen molar-refractivity contribution in [1.29, 1.82) is 0 Å². The third kappa shape index (κ3) is 3.75. The van der Waals surface area contributed by atoms with Crippen molar-refractivity contribution >= 4 is 5.91 Å². The molecule has 1 aromatic carbocycles. The molecule has 1 amide bonds. The predicted molar refractivity (Wildman–Crippen MR) is 68.2 cm³/mol. The van der Waals surface area contributed by atoms with E-state index < -0.39 is 12.2 Å². The second-order valence-electron chi connectivity index (χ2n) is 4.69. The van der Waals surface area contributed by atoms with E-state index in [0.29, 0.717) is 6.61 Å². The quantitative estimate of drug-likeness (QED) is 0.870. The standard InChI is InChI=1S/C14H18FNO3/c15-12-6-13(8-17)16(7-12)14(18)10-19-9-11-4-2-1-3-5-11/h1-5,12-13,17H,6-10H2/t12-,13-/m0/s1. The molecule has 1 fully saturated rings. The molecule has 0 saturated carbocycles. The van der Waals surface area contributed by atoms with Crippen LogP contribution in [0.3, 0.4) is 0 Å². The zero-order valence-corrected chi connectivity index (χ0v) is 10.7. The molecule has 1 N–H and O–H groups in total. The van der Waals surface area contributed by atoms with E-state index in [0.717, 1.165) is 5.56 Å². The van der Waals surface area contributed by atoms with E-state index in [2.05, 4.69) is 0 Å². The summed E-state index contributed by atoms with van der Waals surface area (Å²) in [6, 6.07) is 9.12. The van der Waals surface area contributed by atoms with Gasteiger partial charge in [0.2, 0.25) is 5.91 Å². The number of halogens is 1. The molecule has 0 aromatic heterocycles. The van der Waals surface area contributed by atoms with Crippen LogP contribution in [0.2, 0.25) is 0 Å². The van der Waals surface area contributed by atoms with Gasteiger partial charge in [0.05, 0.1) is 25.8 Å². The van der Waals surface area contributed by atoms with E-state index in [1.807, 2.05) is 30.3 Å². The number of amides is 1. The molecule has 0 unspecified atom stereocenters. The van der Waals surface area contributed by atoms with Crippen LogP contribution >= 0.6 is 0 Å². The van der Waals surface area contributed by atoms with Gasteiger partial charge in [0.25, 0.3) is 0 Å². The number of likely N-dealkylation sites (tertiary alicyclic amines) is 1. The van der Waals surface area contributed by atoms with Crippen LogP contribution in [0.1, 0.15) is 12.0 Å². The molecule has 19 heavy (non-hydrogen) atoms. The van der Waals surface area contributed by atoms with Crippen molar-refractivity contribution in [2.75, 3.05) is 19.8 Å². The van der Waals surface area contributed by atoms with Gasteiger partial charge in [-0.2, -0.15) is 0 Å². The summed E-state index contributed by atoms with van der Waals surface area (Å²) < 4.78 is 18.5. The fourth-order valence-corrected chi connectivity index (χ4v) is 2.25. The Balaban J connectivity index is 1.78. The van der Waals surface area contributed by atoms with Gasteiger partial charge in [-0.05, 0) is 5.56 Å². The van der Waals surface area contributed by atoms with Gasteiger partial charge in [-0.25, -0.2) is 4.39 Å². The van der Waals surface area contributed by atoms with Gasteiger partial charge < -0.3 is 14.7 Å². The Kier molecular flexibility index (Phi) is 4.87. The number of carbonyl (C=O) groups excluding carboxylic acids is 1. The van der Waals surface area contributed by atoms with E-state index in [4.69, 9.17) is 9.84 Å². The number of alkyl halides is 1. The molecule has 0 aliphatic carbocycles. The second-order valence-corrected chi connectivity index (χ2v) is 4.69. The molecular formula is C14H18FNO3. The summed E-state index contributed by atoms with van der Waals surface area (Å²) in [6.45, 7) is 0.116. The number of nitrogens with zero attached hydrogens (tertiary/aromatic N) is 1. The maximum Gasteiger partial charge on any atom is 0.249 e. The van der Waals surface area contributed by atoms with E-state index in [1.54, 1.807) is 0 Å². The highest BCUT2D eigenvalue weighted by Gasteiger charge is 2.34. The van der Waals surface area contributed by atoms with E-state index in [9.17, 15) is 9.18 Å². The Morgan fingerprint density at radius 2 is 2.16 bits per heavy atom. The van der Waals surface area contributed by atoms with Crippen LogP contribution in [0.25, 0.3) is 0 Å². The van der Waals surface area contributed by atoms with Gasteiger partial charge in [-0.15, -0.1) is 0 Å². The highest BCUT2D eigenvalue weighted by atomic mass is 19.1. The molecule has 1 heterocycles. The summed E-state index contributed by atoms with van der Waals surface area (Å²) in [5.41, 5.74) is 0.985. The minimum atomic E-state index is -1.05. The summed E-state index contributed by atoms with van der Waals surface area (Å²) >= 11 is 0. The predicted octanol–water partition coefficient (Wildman–Crippen LogP) is 1.13. The molecule has 2 rings (SSSR count). The maximum absolute atomic E-state index is 13.2.